The monoisotopic (exact) mass is 438 g/mol. The molecule has 1 saturated heterocycles. The molecule has 0 atom stereocenters. The van der Waals surface area contributed by atoms with Gasteiger partial charge in [-0.1, -0.05) is 23.4 Å². The molecule has 168 valence electrons. The van der Waals surface area contributed by atoms with Gasteiger partial charge in [-0.15, -0.1) is 0 Å². The van der Waals surface area contributed by atoms with Gasteiger partial charge in [0.15, 0.2) is 0 Å². The number of likely N-dealkylation sites (tertiary alicyclic amines) is 1. The maximum Gasteiger partial charge on any atom is 0.241 e. The molecule has 0 radical (unpaired) electrons. The first kappa shape index (κ1) is 22.0. The third-order valence-electron chi connectivity index (χ3n) is 5.61. The van der Waals surface area contributed by atoms with E-state index < -0.39 is 0 Å². The first-order valence-corrected chi connectivity index (χ1v) is 10.9. The van der Waals surface area contributed by atoms with E-state index in [4.69, 9.17) is 9.26 Å². The van der Waals surface area contributed by atoms with Crippen LogP contribution in [0.4, 0.5) is 4.39 Å². The Hall–Kier alpha value is -3.26. The highest BCUT2D eigenvalue weighted by molar-refractivity contribution is 5.78. The van der Waals surface area contributed by atoms with E-state index in [1.165, 1.54) is 12.1 Å². The highest BCUT2D eigenvalue weighted by Gasteiger charge is 2.26. The van der Waals surface area contributed by atoms with Gasteiger partial charge < -0.3 is 14.6 Å². The van der Waals surface area contributed by atoms with E-state index in [0.29, 0.717) is 37.0 Å². The van der Waals surface area contributed by atoms with Crippen molar-refractivity contribution in [2.24, 2.45) is 5.92 Å². The van der Waals surface area contributed by atoms with Crippen LogP contribution in [0.3, 0.4) is 0 Å². The first-order chi connectivity index (χ1) is 15.6. The van der Waals surface area contributed by atoms with Crippen molar-refractivity contribution < 1.29 is 18.4 Å². The summed E-state index contributed by atoms with van der Waals surface area (Å²) in [6.07, 6.45) is 1.55. The van der Waals surface area contributed by atoms with E-state index in [2.05, 4.69) is 20.4 Å². The van der Waals surface area contributed by atoms with Gasteiger partial charge >= 0.3 is 0 Å². The number of para-hydroxylation sites is 1. The Labute approximate surface area is 186 Å². The van der Waals surface area contributed by atoms with Crippen LogP contribution in [0.25, 0.3) is 11.4 Å². The normalized spacial score (nSPS) is 14.9. The number of carbonyl (C=O) groups excluding carboxylic acids is 1. The van der Waals surface area contributed by atoms with E-state index in [-0.39, 0.29) is 17.6 Å². The fourth-order valence-electron chi connectivity index (χ4n) is 3.85. The van der Waals surface area contributed by atoms with Crippen molar-refractivity contribution in [3.05, 3.63) is 65.8 Å². The van der Waals surface area contributed by atoms with Crippen molar-refractivity contribution in [1.29, 1.82) is 0 Å². The molecule has 32 heavy (non-hydrogen) atoms. The Morgan fingerprint density at radius 2 is 1.94 bits per heavy atom. The minimum atomic E-state index is -0.303. The van der Waals surface area contributed by atoms with Crippen molar-refractivity contribution >= 4 is 5.91 Å². The molecule has 1 aliphatic heterocycles. The fourth-order valence-corrected chi connectivity index (χ4v) is 3.85. The average Bonchev–Trinajstić information content (AvgIpc) is 3.28. The number of benzene rings is 2. The number of ether oxygens (including phenoxy) is 1. The summed E-state index contributed by atoms with van der Waals surface area (Å²) < 4.78 is 24.1. The maximum absolute atomic E-state index is 13.1. The van der Waals surface area contributed by atoms with Crippen LogP contribution < -0.4 is 10.1 Å². The zero-order chi connectivity index (χ0) is 22.3. The van der Waals surface area contributed by atoms with Gasteiger partial charge in [0.05, 0.1) is 13.2 Å². The smallest absolute Gasteiger partial charge is 0.241 e. The second kappa shape index (κ2) is 10.4. The molecule has 2 aromatic carbocycles. The molecule has 2 heterocycles. The molecule has 7 nitrogen and oxygen atoms in total. The van der Waals surface area contributed by atoms with Gasteiger partial charge in [-0.3, -0.25) is 9.69 Å². The Bertz CT molecular complexity index is 1030. The summed E-state index contributed by atoms with van der Waals surface area (Å²) >= 11 is 0. The SMILES string of the molecule is CCOc1ccccc1CNC(=O)C1CCN(Cc2nc(-c3ccc(F)cc3)no2)CC1. The number of carbonyl (C=O) groups is 1. The van der Waals surface area contributed by atoms with Gasteiger partial charge in [0.25, 0.3) is 0 Å². The predicted octanol–water partition coefficient (Wildman–Crippen LogP) is 3.80. The van der Waals surface area contributed by atoms with Crippen LogP contribution in [0.1, 0.15) is 31.2 Å². The molecular weight excluding hydrogens is 411 g/mol. The second-order valence-corrected chi connectivity index (χ2v) is 7.83. The minimum Gasteiger partial charge on any atom is -0.494 e. The largest absolute Gasteiger partial charge is 0.494 e. The summed E-state index contributed by atoms with van der Waals surface area (Å²) in [5.74, 6) is 1.53. The summed E-state index contributed by atoms with van der Waals surface area (Å²) in [6.45, 7) is 5.09. The van der Waals surface area contributed by atoms with Crippen LogP contribution in [-0.2, 0) is 17.9 Å². The molecule has 1 N–H and O–H groups in total. The number of rotatable bonds is 8. The van der Waals surface area contributed by atoms with Crippen LogP contribution in [0.5, 0.6) is 5.75 Å². The van der Waals surface area contributed by atoms with E-state index >= 15 is 0 Å². The first-order valence-electron chi connectivity index (χ1n) is 10.9. The molecule has 1 fully saturated rings. The Morgan fingerprint density at radius 1 is 1.19 bits per heavy atom. The van der Waals surface area contributed by atoms with Crippen LogP contribution in [0.15, 0.2) is 53.1 Å². The van der Waals surface area contributed by atoms with Gasteiger partial charge in [-0.2, -0.15) is 4.98 Å². The van der Waals surface area contributed by atoms with Crippen LogP contribution >= 0.6 is 0 Å². The quantitative estimate of drug-likeness (QED) is 0.576. The number of piperidine rings is 1. The topological polar surface area (TPSA) is 80.5 Å². The molecule has 0 bridgehead atoms. The summed E-state index contributed by atoms with van der Waals surface area (Å²) in [5, 5.41) is 7.04. The molecule has 0 unspecified atom stereocenters. The third-order valence-corrected chi connectivity index (χ3v) is 5.61. The maximum atomic E-state index is 13.1. The Kier molecular flexibility index (Phi) is 7.11. The highest BCUT2D eigenvalue weighted by Crippen LogP contribution is 2.22. The number of hydrogen-bond acceptors (Lipinski definition) is 6. The van der Waals surface area contributed by atoms with Gasteiger partial charge in [-0.05, 0) is 63.2 Å². The van der Waals surface area contributed by atoms with Crippen LogP contribution in [0.2, 0.25) is 0 Å². The Balaban J connectivity index is 1.25. The standard InChI is InChI=1S/C24H27FN4O3/c1-2-31-21-6-4-3-5-19(21)15-26-24(30)18-11-13-29(14-12-18)16-22-27-23(28-32-22)17-7-9-20(25)10-8-17/h3-10,18H,2,11-16H2,1H3,(H,26,30). The summed E-state index contributed by atoms with van der Waals surface area (Å²) in [5.41, 5.74) is 1.69. The molecule has 1 aromatic heterocycles. The number of amides is 1. The predicted molar refractivity (Wildman–Crippen MR) is 117 cm³/mol. The molecule has 0 aliphatic carbocycles. The van der Waals surface area contributed by atoms with E-state index in [9.17, 15) is 9.18 Å². The lowest BCUT2D eigenvalue weighted by Crippen LogP contribution is -2.40. The summed E-state index contributed by atoms with van der Waals surface area (Å²) in [4.78, 5) is 19.3. The number of halogens is 1. The lowest BCUT2D eigenvalue weighted by atomic mass is 9.96. The minimum absolute atomic E-state index is 0.0111. The molecule has 0 spiro atoms. The van der Waals surface area contributed by atoms with Crippen molar-refractivity contribution in [1.82, 2.24) is 20.4 Å². The van der Waals surface area contributed by atoms with Gasteiger partial charge in [0.2, 0.25) is 17.6 Å². The van der Waals surface area contributed by atoms with Gasteiger partial charge in [0, 0.05) is 23.6 Å². The second-order valence-electron chi connectivity index (χ2n) is 7.83. The van der Waals surface area contributed by atoms with Crippen molar-refractivity contribution in [2.75, 3.05) is 19.7 Å². The molecule has 3 aromatic rings. The molecule has 8 heteroatoms. The number of hydrogen-bond donors (Lipinski definition) is 1. The lowest BCUT2D eigenvalue weighted by Gasteiger charge is -2.30. The molecule has 0 saturated carbocycles. The lowest BCUT2D eigenvalue weighted by molar-refractivity contribution is -0.126. The number of nitrogens with one attached hydrogen (secondary N) is 1. The van der Waals surface area contributed by atoms with Gasteiger partial charge in [0.1, 0.15) is 11.6 Å². The van der Waals surface area contributed by atoms with E-state index in [0.717, 1.165) is 37.2 Å². The van der Waals surface area contributed by atoms with Crippen molar-refractivity contribution in [2.45, 2.75) is 32.9 Å². The average molecular weight is 439 g/mol. The molecule has 1 aliphatic rings. The van der Waals surface area contributed by atoms with Crippen LogP contribution in [0, 0.1) is 11.7 Å². The third kappa shape index (κ3) is 5.50. The van der Waals surface area contributed by atoms with Crippen molar-refractivity contribution in [3.63, 3.8) is 0 Å². The zero-order valence-electron chi connectivity index (χ0n) is 18.1. The fraction of sp³-hybridized carbons (Fsp3) is 0.375. The molecule has 1 amide bonds. The van der Waals surface area contributed by atoms with E-state index in [1.807, 2.05) is 31.2 Å². The molecular formula is C24H27FN4O3. The van der Waals surface area contributed by atoms with E-state index in [1.54, 1.807) is 12.1 Å². The molecule has 4 rings (SSSR count). The van der Waals surface area contributed by atoms with Gasteiger partial charge in [-0.25, -0.2) is 4.39 Å². The number of aromatic nitrogens is 2. The highest BCUT2D eigenvalue weighted by atomic mass is 19.1. The number of nitrogens with zero attached hydrogens (tertiary/aromatic N) is 3. The van der Waals surface area contributed by atoms with Crippen molar-refractivity contribution in [3.8, 4) is 17.1 Å². The summed E-state index contributed by atoms with van der Waals surface area (Å²) in [7, 11) is 0. The summed E-state index contributed by atoms with van der Waals surface area (Å²) in [6, 6.07) is 13.8. The zero-order valence-corrected chi connectivity index (χ0v) is 18.1. The van der Waals surface area contributed by atoms with Crippen LogP contribution in [-0.4, -0.2) is 40.6 Å². The Morgan fingerprint density at radius 3 is 2.69 bits per heavy atom.